The maximum Gasteiger partial charge on any atom is 0.0236 e. The van der Waals surface area contributed by atoms with Crippen LogP contribution in [-0.2, 0) is 6.54 Å². The Labute approximate surface area is 104 Å². The molecule has 2 aliphatic rings. The predicted octanol–water partition coefficient (Wildman–Crippen LogP) is 2.18. The third-order valence-electron chi connectivity index (χ3n) is 3.93. The van der Waals surface area contributed by atoms with Crippen molar-refractivity contribution >= 4 is 0 Å². The Morgan fingerprint density at radius 2 is 1.88 bits per heavy atom. The molecule has 2 heteroatoms. The molecule has 2 fully saturated rings. The van der Waals surface area contributed by atoms with Crippen LogP contribution in [0.1, 0.15) is 24.0 Å². The molecule has 0 aromatic heterocycles. The summed E-state index contributed by atoms with van der Waals surface area (Å²) in [6.07, 6.45) is 2.82. The molecule has 1 aliphatic heterocycles. The second kappa shape index (κ2) is 4.79. The van der Waals surface area contributed by atoms with Gasteiger partial charge >= 0.3 is 0 Å². The van der Waals surface area contributed by atoms with Crippen molar-refractivity contribution in [1.29, 1.82) is 0 Å². The SMILES string of the molecule is Cc1ccc(CN(CC2CNC2)C2CC2)cc1. The third kappa shape index (κ3) is 2.88. The lowest BCUT2D eigenvalue weighted by molar-refractivity contribution is 0.178. The van der Waals surface area contributed by atoms with Gasteiger partial charge in [-0.25, -0.2) is 0 Å². The van der Waals surface area contributed by atoms with Crippen LogP contribution in [0, 0.1) is 12.8 Å². The van der Waals surface area contributed by atoms with Crippen LogP contribution in [0.4, 0.5) is 0 Å². The van der Waals surface area contributed by atoms with E-state index in [1.54, 1.807) is 0 Å². The summed E-state index contributed by atoms with van der Waals surface area (Å²) in [4.78, 5) is 2.69. The van der Waals surface area contributed by atoms with Crippen LogP contribution in [0.3, 0.4) is 0 Å². The van der Waals surface area contributed by atoms with Gasteiger partial charge in [0.1, 0.15) is 0 Å². The number of hydrogen-bond donors (Lipinski definition) is 1. The van der Waals surface area contributed by atoms with E-state index in [0.29, 0.717) is 0 Å². The summed E-state index contributed by atoms with van der Waals surface area (Å²) in [6.45, 7) is 7.02. The van der Waals surface area contributed by atoms with Gasteiger partial charge in [0, 0.05) is 32.2 Å². The standard InChI is InChI=1S/C15H22N2/c1-12-2-4-13(5-3-12)10-17(15-6-7-15)11-14-8-16-9-14/h2-5,14-16H,6-11H2,1H3. The van der Waals surface area contributed by atoms with E-state index < -0.39 is 0 Å². The zero-order chi connectivity index (χ0) is 11.7. The van der Waals surface area contributed by atoms with Gasteiger partial charge in [0.15, 0.2) is 0 Å². The summed E-state index contributed by atoms with van der Waals surface area (Å²) in [5, 5.41) is 3.37. The molecule has 1 saturated heterocycles. The Morgan fingerprint density at radius 3 is 2.41 bits per heavy atom. The third-order valence-corrected chi connectivity index (χ3v) is 3.93. The van der Waals surface area contributed by atoms with Gasteiger partial charge in [0.2, 0.25) is 0 Å². The second-order valence-electron chi connectivity index (χ2n) is 5.67. The maximum atomic E-state index is 3.37. The highest BCUT2D eigenvalue weighted by Gasteiger charge is 2.31. The second-order valence-corrected chi connectivity index (χ2v) is 5.67. The van der Waals surface area contributed by atoms with Gasteiger partial charge in [-0.05, 0) is 31.2 Å². The summed E-state index contributed by atoms with van der Waals surface area (Å²) >= 11 is 0. The molecular weight excluding hydrogens is 208 g/mol. The molecule has 0 atom stereocenters. The Hall–Kier alpha value is -0.860. The van der Waals surface area contributed by atoms with Crippen molar-refractivity contribution in [1.82, 2.24) is 10.2 Å². The van der Waals surface area contributed by atoms with E-state index in [9.17, 15) is 0 Å². The van der Waals surface area contributed by atoms with E-state index >= 15 is 0 Å². The fraction of sp³-hybridized carbons (Fsp3) is 0.600. The van der Waals surface area contributed by atoms with Crippen LogP contribution < -0.4 is 5.32 Å². The smallest absolute Gasteiger partial charge is 0.0236 e. The van der Waals surface area contributed by atoms with Crippen LogP contribution in [0.15, 0.2) is 24.3 Å². The van der Waals surface area contributed by atoms with E-state index in [2.05, 4.69) is 41.4 Å². The molecule has 1 aliphatic carbocycles. The largest absolute Gasteiger partial charge is 0.316 e. The first kappa shape index (κ1) is 11.2. The van der Waals surface area contributed by atoms with Gasteiger partial charge in [0.05, 0.1) is 0 Å². The van der Waals surface area contributed by atoms with Gasteiger partial charge in [-0.3, -0.25) is 4.90 Å². The number of benzene rings is 1. The molecule has 1 aromatic carbocycles. The van der Waals surface area contributed by atoms with Crippen LogP contribution in [0.5, 0.6) is 0 Å². The molecule has 2 nitrogen and oxygen atoms in total. The van der Waals surface area contributed by atoms with Crippen LogP contribution in [-0.4, -0.2) is 30.6 Å². The van der Waals surface area contributed by atoms with E-state index in [0.717, 1.165) is 18.5 Å². The quantitative estimate of drug-likeness (QED) is 0.834. The number of nitrogens with one attached hydrogen (secondary N) is 1. The monoisotopic (exact) mass is 230 g/mol. The van der Waals surface area contributed by atoms with Crippen molar-refractivity contribution in [3.63, 3.8) is 0 Å². The summed E-state index contributed by atoms with van der Waals surface area (Å²) in [6, 6.07) is 9.89. The lowest BCUT2D eigenvalue weighted by atomic mass is 10.0. The lowest BCUT2D eigenvalue weighted by Crippen LogP contribution is -2.48. The molecule has 0 radical (unpaired) electrons. The van der Waals surface area contributed by atoms with Crippen LogP contribution >= 0.6 is 0 Å². The fourth-order valence-corrected chi connectivity index (χ4v) is 2.52. The number of nitrogens with zero attached hydrogens (tertiary/aromatic N) is 1. The van der Waals surface area contributed by atoms with E-state index in [4.69, 9.17) is 0 Å². The van der Waals surface area contributed by atoms with Crippen LogP contribution in [0.2, 0.25) is 0 Å². The van der Waals surface area contributed by atoms with Crippen molar-refractivity contribution in [2.24, 2.45) is 5.92 Å². The van der Waals surface area contributed by atoms with E-state index in [1.807, 2.05) is 0 Å². The van der Waals surface area contributed by atoms with E-state index in [-0.39, 0.29) is 0 Å². The molecule has 3 rings (SSSR count). The average Bonchev–Trinajstić information content (AvgIpc) is 3.08. The fourth-order valence-electron chi connectivity index (χ4n) is 2.52. The first-order valence-corrected chi connectivity index (χ1v) is 6.81. The highest BCUT2D eigenvalue weighted by Crippen LogP contribution is 2.29. The Balaban J connectivity index is 1.60. The molecule has 0 spiro atoms. The van der Waals surface area contributed by atoms with Crippen LogP contribution in [0.25, 0.3) is 0 Å². The zero-order valence-corrected chi connectivity index (χ0v) is 10.7. The van der Waals surface area contributed by atoms with Gasteiger partial charge in [-0.2, -0.15) is 0 Å². The first-order chi connectivity index (χ1) is 8.31. The molecular formula is C15H22N2. The van der Waals surface area contributed by atoms with Crippen molar-refractivity contribution in [2.75, 3.05) is 19.6 Å². The first-order valence-electron chi connectivity index (χ1n) is 6.81. The van der Waals surface area contributed by atoms with Crippen molar-refractivity contribution in [2.45, 2.75) is 32.4 Å². The van der Waals surface area contributed by atoms with Gasteiger partial charge in [0.25, 0.3) is 0 Å². The summed E-state index contributed by atoms with van der Waals surface area (Å²) in [7, 11) is 0. The lowest BCUT2D eigenvalue weighted by Gasteiger charge is -2.33. The topological polar surface area (TPSA) is 15.3 Å². The van der Waals surface area contributed by atoms with Gasteiger partial charge in [-0.15, -0.1) is 0 Å². The van der Waals surface area contributed by atoms with E-state index in [1.165, 1.54) is 43.6 Å². The summed E-state index contributed by atoms with van der Waals surface area (Å²) < 4.78 is 0. The molecule has 1 N–H and O–H groups in total. The zero-order valence-electron chi connectivity index (χ0n) is 10.7. The minimum absolute atomic E-state index is 0.872. The predicted molar refractivity (Wildman–Crippen MR) is 71.0 cm³/mol. The highest BCUT2D eigenvalue weighted by molar-refractivity contribution is 5.21. The summed E-state index contributed by atoms with van der Waals surface area (Å²) in [5.74, 6) is 0.890. The number of hydrogen-bond acceptors (Lipinski definition) is 2. The minimum atomic E-state index is 0.872. The van der Waals surface area contributed by atoms with Crippen molar-refractivity contribution in [3.8, 4) is 0 Å². The molecule has 0 amide bonds. The van der Waals surface area contributed by atoms with Crippen molar-refractivity contribution in [3.05, 3.63) is 35.4 Å². The average molecular weight is 230 g/mol. The minimum Gasteiger partial charge on any atom is -0.316 e. The molecule has 0 bridgehead atoms. The molecule has 0 unspecified atom stereocenters. The maximum absolute atomic E-state index is 3.37. The molecule has 1 saturated carbocycles. The molecule has 1 aromatic rings. The Kier molecular flexibility index (Phi) is 3.17. The highest BCUT2D eigenvalue weighted by atomic mass is 15.2. The van der Waals surface area contributed by atoms with Gasteiger partial charge in [-0.1, -0.05) is 29.8 Å². The van der Waals surface area contributed by atoms with Crippen molar-refractivity contribution < 1.29 is 0 Å². The molecule has 1 heterocycles. The Bertz CT molecular complexity index is 363. The Morgan fingerprint density at radius 1 is 1.18 bits per heavy atom. The normalized spacial score (nSPS) is 20.6. The number of aryl methyl sites for hydroxylation is 1. The molecule has 92 valence electrons. The van der Waals surface area contributed by atoms with Gasteiger partial charge < -0.3 is 5.32 Å². The number of rotatable bonds is 5. The summed E-state index contributed by atoms with van der Waals surface area (Å²) in [5.41, 5.74) is 2.82. The molecule has 17 heavy (non-hydrogen) atoms.